The number of hydrogen-bond donors (Lipinski definition) is 2. The zero-order chi connectivity index (χ0) is 20.8. The number of carbonyl (C=O) groups is 1. The summed E-state index contributed by atoms with van der Waals surface area (Å²) < 4.78 is 11.2. The molecule has 0 atom stereocenters. The zero-order valence-electron chi connectivity index (χ0n) is 15.9. The lowest BCUT2D eigenvalue weighted by atomic mass is 10.0. The van der Waals surface area contributed by atoms with Crippen molar-refractivity contribution >= 4 is 11.9 Å². The van der Waals surface area contributed by atoms with Crippen molar-refractivity contribution in [1.29, 1.82) is 10.5 Å². The van der Waals surface area contributed by atoms with Crippen LogP contribution in [0.15, 0.2) is 42.2 Å². The van der Waals surface area contributed by atoms with Crippen LogP contribution in [0.2, 0.25) is 0 Å². The number of quaternary nitrogens is 1. The van der Waals surface area contributed by atoms with Crippen LogP contribution in [0.4, 0.5) is 0 Å². The number of Topliss-reactive ketones (excluding diaryl/α,β-unsaturated/α-hetero) is 1. The van der Waals surface area contributed by atoms with Crippen molar-refractivity contribution in [2.24, 2.45) is 0 Å². The standard InChI is InChI=1S/C22H19N3O4/c1-2-28-16-5-3-15(4-6-16)13-20-21(27)17-7-8-19(26)18(22(17)29-20)14-25(11-9-23)12-10-24/h3-8,13,26H,2,11-12,14H2,1H3/p+1/b20-13+. The summed E-state index contributed by atoms with van der Waals surface area (Å²) in [6, 6.07) is 14.3. The van der Waals surface area contributed by atoms with Gasteiger partial charge in [0, 0.05) is 0 Å². The number of aromatic hydroxyl groups is 1. The van der Waals surface area contributed by atoms with Gasteiger partial charge in [-0.1, -0.05) is 12.1 Å². The predicted molar refractivity (Wildman–Crippen MR) is 104 cm³/mol. The molecule has 0 saturated carbocycles. The van der Waals surface area contributed by atoms with Gasteiger partial charge in [-0.2, -0.15) is 10.5 Å². The minimum absolute atomic E-state index is 0.0350. The van der Waals surface area contributed by atoms with Gasteiger partial charge in [-0.3, -0.25) is 4.79 Å². The van der Waals surface area contributed by atoms with E-state index in [4.69, 9.17) is 20.0 Å². The Morgan fingerprint density at radius 1 is 1.14 bits per heavy atom. The first-order valence-electron chi connectivity index (χ1n) is 9.16. The molecule has 7 heteroatoms. The van der Waals surface area contributed by atoms with Crippen molar-refractivity contribution in [2.75, 3.05) is 19.7 Å². The second-order valence-corrected chi connectivity index (χ2v) is 6.48. The molecule has 1 heterocycles. The van der Waals surface area contributed by atoms with E-state index in [0.717, 1.165) is 11.3 Å². The number of carbonyl (C=O) groups excluding carboxylic acids is 1. The largest absolute Gasteiger partial charge is 0.507 e. The quantitative estimate of drug-likeness (QED) is 0.552. The van der Waals surface area contributed by atoms with Crippen LogP contribution < -0.4 is 14.4 Å². The molecule has 0 bridgehead atoms. The second-order valence-electron chi connectivity index (χ2n) is 6.48. The highest BCUT2D eigenvalue weighted by Crippen LogP contribution is 2.39. The average molecular weight is 390 g/mol. The van der Waals surface area contributed by atoms with Gasteiger partial charge >= 0.3 is 0 Å². The van der Waals surface area contributed by atoms with Crippen LogP contribution >= 0.6 is 0 Å². The maximum Gasteiger partial charge on any atom is 0.231 e. The number of nitriles is 2. The Labute approximate surface area is 168 Å². The summed E-state index contributed by atoms with van der Waals surface area (Å²) >= 11 is 0. The third-order valence-corrected chi connectivity index (χ3v) is 4.49. The fraction of sp³-hybridized carbons (Fsp3) is 0.227. The van der Waals surface area contributed by atoms with Gasteiger partial charge in [0.1, 0.15) is 30.2 Å². The summed E-state index contributed by atoms with van der Waals surface area (Å²) in [7, 11) is 0. The molecule has 146 valence electrons. The number of allylic oxidation sites excluding steroid dienone is 1. The van der Waals surface area contributed by atoms with Crippen molar-refractivity contribution in [2.45, 2.75) is 13.5 Å². The summed E-state index contributed by atoms with van der Waals surface area (Å²) in [5.41, 5.74) is 1.53. The smallest absolute Gasteiger partial charge is 0.231 e. The lowest BCUT2D eigenvalue weighted by molar-refractivity contribution is -0.899. The van der Waals surface area contributed by atoms with Gasteiger partial charge in [-0.15, -0.1) is 0 Å². The molecule has 1 aliphatic rings. The van der Waals surface area contributed by atoms with Crippen LogP contribution in [-0.2, 0) is 6.54 Å². The van der Waals surface area contributed by atoms with Crippen molar-refractivity contribution < 1.29 is 24.3 Å². The molecule has 1 aliphatic heterocycles. The number of benzene rings is 2. The van der Waals surface area contributed by atoms with Crippen molar-refractivity contribution in [1.82, 2.24) is 0 Å². The Balaban J connectivity index is 1.90. The van der Waals surface area contributed by atoms with E-state index in [2.05, 4.69) is 0 Å². The monoisotopic (exact) mass is 390 g/mol. The molecule has 0 spiro atoms. The van der Waals surface area contributed by atoms with E-state index in [1.165, 1.54) is 12.1 Å². The van der Waals surface area contributed by atoms with E-state index < -0.39 is 0 Å². The lowest BCUT2D eigenvalue weighted by Gasteiger charge is -2.15. The number of phenols is 1. The van der Waals surface area contributed by atoms with E-state index in [1.807, 2.05) is 43.3 Å². The number of rotatable bonds is 7. The molecule has 2 aromatic carbocycles. The van der Waals surface area contributed by atoms with Gasteiger partial charge in [-0.05, 0) is 42.8 Å². The summed E-state index contributed by atoms with van der Waals surface area (Å²) in [4.78, 5) is 13.4. The number of fused-ring (bicyclic) bond motifs is 1. The molecule has 0 aliphatic carbocycles. The van der Waals surface area contributed by atoms with E-state index in [9.17, 15) is 9.90 Å². The lowest BCUT2D eigenvalue weighted by Crippen LogP contribution is -3.10. The SMILES string of the molecule is CCOc1ccc(/C=C2/Oc3c(ccc(O)c3C[NH+](CC#N)CC#N)C2=O)cc1. The van der Waals surface area contributed by atoms with E-state index in [-0.39, 0.29) is 42.7 Å². The van der Waals surface area contributed by atoms with Crippen LogP contribution in [-0.4, -0.2) is 30.6 Å². The van der Waals surface area contributed by atoms with Gasteiger partial charge in [0.25, 0.3) is 0 Å². The second kappa shape index (κ2) is 8.92. The minimum atomic E-state index is -0.280. The highest BCUT2D eigenvalue weighted by Gasteiger charge is 2.32. The first-order valence-corrected chi connectivity index (χ1v) is 9.16. The molecule has 0 radical (unpaired) electrons. The summed E-state index contributed by atoms with van der Waals surface area (Å²) in [6.07, 6.45) is 1.63. The van der Waals surface area contributed by atoms with Gasteiger partial charge in [0.05, 0.1) is 17.7 Å². The van der Waals surface area contributed by atoms with Crippen molar-refractivity contribution in [3.05, 3.63) is 58.8 Å². The maximum absolute atomic E-state index is 12.8. The van der Waals surface area contributed by atoms with Crippen molar-refractivity contribution in [3.63, 3.8) is 0 Å². The normalized spacial score (nSPS) is 13.7. The Morgan fingerprint density at radius 2 is 1.83 bits per heavy atom. The summed E-state index contributed by atoms with van der Waals surface area (Å²) in [6.45, 7) is 2.86. The van der Waals surface area contributed by atoms with Gasteiger partial charge in [-0.25, -0.2) is 0 Å². The van der Waals surface area contributed by atoms with E-state index in [1.54, 1.807) is 6.08 Å². The average Bonchev–Trinajstić information content (AvgIpc) is 3.02. The molecule has 7 nitrogen and oxygen atoms in total. The predicted octanol–water partition coefficient (Wildman–Crippen LogP) is 1.84. The highest BCUT2D eigenvalue weighted by atomic mass is 16.5. The molecule has 0 unspecified atom stereocenters. The number of phenolic OH excluding ortho intramolecular Hbond substituents is 1. The maximum atomic E-state index is 12.8. The molecule has 0 saturated heterocycles. The van der Waals surface area contributed by atoms with Gasteiger partial charge in [0.15, 0.2) is 24.6 Å². The summed E-state index contributed by atoms with van der Waals surface area (Å²) in [5, 5.41) is 28.2. The van der Waals surface area contributed by atoms with Gasteiger partial charge in [0.2, 0.25) is 5.78 Å². The minimum Gasteiger partial charge on any atom is -0.507 e. The van der Waals surface area contributed by atoms with Crippen molar-refractivity contribution in [3.8, 4) is 29.4 Å². The molecule has 0 amide bonds. The molecular formula is C22H20N3O4+. The first-order chi connectivity index (χ1) is 14.1. The number of hydrogen-bond acceptors (Lipinski definition) is 6. The van der Waals surface area contributed by atoms with Crippen LogP contribution in [0.25, 0.3) is 6.08 Å². The topological polar surface area (TPSA) is 108 Å². The molecule has 0 aromatic heterocycles. The third-order valence-electron chi connectivity index (χ3n) is 4.49. The fourth-order valence-electron chi connectivity index (χ4n) is 3.11. The van der Waals surface area contributed by atoms with E-state index in [0.29, 0.717) is 22.6 Å². The van der Waals surface area contributed by atoms with Crippen LogP contribution in [0.3, 0.4) is 0 Å². The number of nitrogens with zero attached hydrogens (tertiary/aromatic N) is 2. The molecular weight excluding hydrogens is 370 g/mol. The number of ketones is 1. The third kappa shape index (κ3) is 4.37. The molecule has 3 rings (SSSR count). The van der Waals surface area contributed by atoms with Crippen LogP contribution in [0, 0.1) is 22.7 Å². The molecule has 0 fully saturated rings. The van der Waals surface area contributed by atoms with Crippen LogP contribution in [0.1, 0.15) is 28.4 Å². The molecule has 29 heavy (non-hydrogen) atoms. The number of ether oxygens (including phenoxy) is 2. The first kappa shape index (κ1) is 19.9. The molecule has 2 aromatic rings. The van der Waals surface area contributed by atoms with E-state index >= 15 is 0 Å². The Kier molecular flexibility index (Phi) is 6.13. The molecule has 2 N–H and O–H groups in total. The highest BCUT2D eigenvalue weighted by molar-refractivity contribution is 6.14. The Hall–Kier alpha value is -3.81. The summed E-state index contributed by atoms with van der Waals surface area (Å²) in [5.74, 6) is 0.852. The number of nitrogens with one attached hydrogen (secondary N) is 1. The Bertz CT molecular complexity index is 1010. The zero-order valence-corrected chi connectivity index (χ0v) is 15.9. The van der Waals surface area contributed by atoms with Gasteiger partial charge < -0.3 is 19.5 Å². The van der Waals surface area contributed by atoms with Crippen LogP contribution in [0.5, 0.6) is 17.2 Å². The fourth-order valence-corrected chi connectivity index (χ4v) is 3.11. The Morgan fingerprint density at radius 3 is 2.45 bits per heavy atom.